The van der Waals surface area contributed by atoms with Crippen LogP contribution in [0.5, 0.6) is 11.8 Å². The van der Waals surface area contributed by atoms with Crippen LogP contribution in [0.15, 0.2) is 48.5 Å². The summed E-state index contributed by atoms with van der Waals surface area (Å²) in [5.74, 6) is 0.704. The van der Waals surface area contributed by atoms with Crippen molar-refractivity contribution in [2.24, 2.45) is 0 Å². The number of hydrogen-bond donors (Lipinski definition) is 0. The van der Waals surface area contributed by atoms with Crippen LogP contribution in [0.25, 0.3) is 11.0 Å². The van der Waals surface area contributed by atoms with E-state index in [9.17, 15) is 4.79 Å². The lowest BCUT2D eigenvalue weighted by Crippen LogP contribution is -2.23. The van der Waals surface area contributed by atoms with Gasteiger partial charge in [-0.15, -0.1) is 0 Å². The molecule has 3 aromatic rings. The molecule has 5 heteroatoms. The molecule has 1 aliphatic heterocycles. The number of ketones is 1. The minimum atomic E-state index is -0.0805. The van der Waals surface area contributed by atoms with Crippen LogP contribution in [-0.2, 0) is 6.54 Å². The summed E-state index contributed by atoms with van der Waals surface area (Å²) >= 11 is 0. The van der Waals surface area contributed by atoms with Gasteiger partial charge in [0.15, 0.2) is 11.9 Å². The van der Waals surface area contributed by atoms with Crippen molar-refractivity contribution in [3.05, 3.63) is 54.1 Å². The molecule has 2 aromatic carbocycles. The Morgan fingerprint density at radius 2 is 2.17 bits per heavy atom. The largest absolute Gasteiger partial charge is 0.490 e. The Labute approximate surface area is 133 Å². The number of ether oxygens (including phenoxy) is 2. The van der Waals surface area contributed by atoms with Crippen LogP contribution in [0.4, 0.5) is 0 Å². The first kappa shape index (κ1) is 13.8. The third kappa shape index (κ3) is 2.54. The van der Waals surface area contributed by atoms with E-state index >= 15 is 0 Å². The summed E-state index contributed by atoms with van der Waals surface area (Å²) in [5.41, 5.74) is 2.66. The average Bonchev–Trinajstić information content (AvgIpc) is 3.10. The van der Waals surface area contributed by atoms with Crippen LogP contribution >= 0.6 is 0 Å². The number of para-hydroxylation sites is 2. The summed E-state index contributed by atoms with van der Waals surface area (Å²) in [4.78, 5) is 15.9. The normalized spacial score (nSPS) is 16.1. The Morgan fingerprint density at radius 1 is 1.30 bits per heavy atom. The van der Waals surface area contributed by atoms with Gasteiger partial charge in [0.2, 0.25) is 0 Å². The Bertz CT molecular complexity index is 885. The monoisotopic (exact) mass is 308 g/mol. The number of rotatable bonds is 4. The van der Waals surface area contributed by atoms with Crippen molar-refractivity contribution in [3.63, 3.8) is 0 Å². The van der Waals surface area contributed by atoms with Crippen molar-refractivity contribution < 1.29 is 14.3 Å². The van der Waals surface area contributed by atoms with Gasteiger partial charge in [0.1, 0.15) is 12.4 Å². The fourth-order valence-electron chi connectivity index (χ4n) is 2.79. The zero-order valence-corrected chi connectivity index (χ0v) is 12.7. The van der Waals surface area contributed by atoms with E-state index in [2.05, 4.69) is 9.55 Å². The van der Waals surface area contributed by atoms with Gasteiger partial charge in [0.05, 0.1) is 17.6 Å². The number of carbonyl (C=O) groups excluding carboxylic acids is 1. The number of carbonyl (C=O) groups is 1. The summed E-state index contributed by atoms with van der Waals surface area (Å²) in [6, 6.07) is 15.8. The highest BCUT2D eigenvalue weighted by Gasteiger charge is 2.26. The van der Waals surface area contributed by atoms with Crippen molar-refractivity contribution >= 4 is 16.8 Å². The van der Waals surface area contributed by atoms with Gasteiger partial charge in [-0.3, -0.25) is 9.36 Å². The second kappa shape index (κ2) is 5.43. The summed E-state index contributed by atoms with van der Waals surface area (Å²) in [6.45, 7) is 2.67. The third-order valence-electron chi connectivity index (χ3n) is 3.95. The fourth-order valence-corrected chi connectivity index (χ4v) is 2.79. The SMILES string of the molecule is CC(=O)c1cccc(OC[C@@H]2Cn3c(nc4ccccc43)O2)c1. The second-order valence-electron chi connectivity index (χ2n) is 5.63. The molecule has 1 atom stereocenters. The van der Waals surface area contributed by atoms with Crippen molar-refractivity contribution in [3.8, 4) is 11.8 Å². The number of aromatic nitrogens is 2. The minimum absolute atomic E-state index is 0.0270. The molecule has 23 heavy (non-hydrogen) atoms. The van der Waals surface area contributed by atoms with E-state index in [0.717, 1.165) is 11.0 Å². The van der Waals surface area contributed by atoms with Gasteiger partial charge in [-0.1, -0.05) is 24.3 Å². The lowest BCUT2D eigenvalue weighted by atomic mass is 10.1. The van der Waals surface area contributed by atoms with Crippen molar-refractivity contribution in [2.75, 3.05) is 6.61 Å². The minimum Gasteiger partial charge on any atom is -0.490 e. The van der Waals surface area contributed by atoms with E-state index in [1.165, 1.54) is 0 Å². The molecule has 0 N–H and O–H groups in total. The van der Waals surface area contributed by atoms with Gasteiger partial charge in [-0.25, -0.2) is 0 Å². The molecule has 0 saturated carbocycles. The maximum absolute atomic E-state index is 11.4. The van der Waals surface area contributed by atoms with Gasteiger partial charge in [0, 0.05) is 5.56 Å². The van der Waals surface area contributed by atoms with Crippen LogP contribution in [0, 0.1) is 0 Å². The predicted octanol–water partition coefficient (Wildman–Crippen LogP) is 3.08. The van der Waals surface area contributed by atoms with Crippen molar-refractivity contribution in [1.29, 1.82) is 0 Å². The Kier molecular flexibility index (Phi) is 3.26. The van der Waals surface area contributed by atoms with Crippen molar-refractivity contribution in [1.82, 2.24) is 9.55 Å². The van der Waals surface area contributed by atoms with Crippen LogP contribution in [0.3, 0.4) is 0 Å². The molecule has 0 bridgehead atoms. The average molecular weight is 308 g/mol. The molecule has 116 valence electrons. The lowest BCUT2D eigenvalue weighted by Gasteiger charge is -2.12. The molecule has 0 aliphatic carbocycles. The number of Topliss-reactive ketones (excluding diaryl/α,β-unsaturated/α-hetero) is 1. The van der Waals surface area contributed by atoms with E-state index in [1.807, 2.05) is 36.4 Å². The quantitative estimate of drug-likeness (QED) is 0.695. The maximum atomic E-state index is 11.4. The third-order valence-corrected chi connectivity index (χ3v) is 3.95. The van der Waals surface area contributed by atoms with E-state index < -0.39 is 0 Å². The Balaban J connectivity index is 1.45. The molecule has 2 heterocycles. The number of benzene rings is 2. The van der Waals surface area contributed by atoms with Crippen LogP contribution in [-0.4, -0.2) is 28.0 Å². The van der Waals surface area contributed by atoms with E-state index in [-0.39, 0.29) is 11.9 Å². The van der Waals surface area contributed by atoms with E-state index in [1.54, 1.807) is 19.1 Å². The van der Waals surface area contributed by atoms with Gasteiger partial charge < -0.3 is 9.47 Å². The van der Waals surface area contributed by atoms with Crippen LogP contribution < -0.4 is 9.47 Å². The highest BCUT2D eigenvalue weighted by Crippen LogP contribution is 2.28. The van der Waals surface area contributed by atoms with Gasteiger partial charge in [-0.05, 0) is 31.2 Å². The number of fused-ring (bicyclic) bond motifs is 3. The lowest BCUT2D eigenvalue weighted by molar-refractivity contribution is 0.101. The fraction of sp³-hybridized carbons (Fsp3) is 0.222. The van der Waals surface area contributed by atoms with Crippen LogP contribution in [0.1, 0.15) is 17.3 Å². The first-order valence-electron chi connectivity index (χ1n) is 7.56. The van der Waals surface area contributed by atoms with Gasteiger partial charge in [-0.2, -0.15) is 4.98 Å². The molecular weight excluding hydrogens is 292 g/mol. The molecule has 4 rings (SSSR count). The molecule has 0 saturated heterocycles. The highest BCUT2D eigenvalue weighted by molar-refractivity contribution is 5.94. The highest BCUT2D eigenvalue weighted by atomic mass is 16.6. The number of nitrogens with zero attached hydrogens (tertiary/aromatic N) is 2. The zero-order chi connectivity index (χ0) is 15.8. The Hall–Kier alpha value is -2.82. The standard InChI is InChI=1S/C18H16N2O3/c1-12(21)13-5-4-6-14(9-13)22-11-15-10-20-17-8-3-2-7-16(17)19-18(20)23-15/h2-9,15H,10-11H2,1H3/t15-/m0/s1. The first-order valence-corrected chi connectivity index (χ1v) is 7.56. The molecule has 0 amide bonds. The summed E-state index contributed by atoms with van der Waals surface area (Å²) in [6.07, 6.45) is -0.0805. The summed E-state index contributed by atoms with van der Waals surface area (Å²) < 4.78 is 13.7. The maximum Gasteiger partial charge on any atom is 0.297 e. The smallest absolute Gasteiger partial charge is 0.297 e. The van der Waals surface area contributed by atoms with Gasteiger partial charge >= 0.3 is 0 Å². The molecule has 1 aliphatic rings. The molecular formula is C18H16N2O3. The molecule has 5 nitrogen and oxygen atoms in total. The second-order valence-corrected chi connectivity index (χ2v) is 5.63. The summed E-state index contributed by atoms with van der Waals surface area (Å²) in [5, 5.41) is 0. The molecule has 0 spiro atoms. The summed E-state index contributed by atoms with van der Waals surface area (Å²) in [7, 11) is 0. The molecule has 0 radical (unpaired) electrons. The van der Waals surface area contributed by atoms with Gasteiger partial charge in [0.25, 0.3) is 6.01 Å². The number of hydrogen-bond acceptors (Lipinski definition) is 4. The predicted molar refractivity (Wildman–Crippen MR) is 86.1 cm³/mol. The van der Waals surface area contributed by atoms with Crippen LogP contribution in [0.2, 0.25) is 0 Å². The van der Waals surface area contributed by atoms with E-state index in [0.29, 0.717) is 30.5 Å². The topological polar surface area (TPSA) is 53.4 Å². The van der Waals surface area contributed by atoms with Crippen molar-refractivity contribution in [2.45, 2.75) is 19.6 Å². The Morgan fingerprint density at radius 3 is 3.04 bits per heavy atom. The number of imidazole rings is 1. The zero-order valence-electron chi connectivity index (χ0n) is 12.7. The molecule has 0 unspecified atom stereocenters. The molecule has 0 fully saturated rings. The molecule has 1 aromatic heterocycles. The first-order chi connectivity index (χ1) is 11.2. The van der Waals surface area contributed by atoms with E-state index in [4.69, 9.17) is 9.47 Å².